The number of rotatable bonds is 26. The largest absolute Gasteiger partial charge is 0.330 e. The van der Waals surface area contributed by atoms with E-state index in [0.29, 0.717) is 12.1 Å². The molecule has 0 spiro atoms. The summed E-state index contributed by atoms with van der Waals surface area (Å²) in [5.41, 5.74) is 20.1. The zero-order valence-corrected chi connectivity index (χ0v) is 21.8. The van der Waals surface area contributed by atoms with E-state index in [1.807, 2.05) is 0 Å². The molecule has 4 unspecified atom stereocenters. The maximum Gasteiger partial charge on any atom is 0.0192 e. The van der Waals surface area contributed by atoms with Crippen molar-refractivity contribution >= 4 is 0 Å². The van der Waals surface area contributed by atoms with Crippen LogP contribution in [0.5, 0.6) is 0 Å². The van der Waals surface area contributed by atoms with E-state index < -0.39 is 0 Å². The summed E-state index contributed by atoms with van der Waals surface area (Å²) in [6.07, 6.45) is 11.4. The molecule has 0 aliphatic heterocycles. The van der Waals surface area contributed by atoms with Crippen molar-refractivity contribution in [3.63, 3.8) is 0 Å². The monoisotopic (exact) mass is 473 g/mol. The zero-order valence-electron chi connectivity index (χ0n) is 21.8. The van der Waals surface area contributed by atoms with Gasteiger partial charge in [0.05, 0.1) is 0 Å². The van der Waals surface area contributed by atoms with Crippen LogP contribution in [-0.2, 0) is 0 Å². The van der Waals surface area contributed by atoms with E-state index >= 15 is 0 Å². The van der Waals surface area contributed by atoms with Crippen molar-refractivity contribution in [1.29, 1.82) is 0 Å². The first-order valence-corrected chi connectivity index (χ1v) is 13.5. The Hall–Kier alpha value is -0.360. The lowest BCUT2D eigenvalue weighted by atomic mass is 10.1. The van der Waals surface area contributed by atoms with Crippen LogP contribution in [0.25, 0.3) is 0 Å². The van der Waals surface area contributed by atoms with Gasteiger partial charge in [0.1, 0.15) is 0 Å². The van der Waals surface area contributed by atoms with Gasteiger partial charge in [0, 0.05) is 43.8 Å². The van der Waals surface area contributed by atoms with Gasteiger partial charge in [-0.1, -0.05) is 12.8 Å². The number of hydrazine groups is 1. The van der Waals surface area contributed by atoms with Gasteiger partial charge in [0.2, 0.25) is 0 Å². The maximum absolute atomic E-state index is 5.86. The molecule has 0 amide bonds. The third kappa shape index (κ3) is 24.6. The first kappa shape index (κ1) is 32.6. The lowest BCUT2D eigenvalue weighted by Gasteiger charge is -2.20. The molecular formula is C24H59N9. The molecule has 0 heterocycles. The summed E-state index contributed by atoms with van der Waals surface area (Å²) < 4.78 is 0. The molecule has 200 valence electrons. The van der Waals surface area contributed by atoms with Crippen molar-refractivity contribution in [3.05, 3.63) is 0 Å². The van der Waals surface area contributed by atoms with Crippen molar-refractivity contribution < 1.29 is 0 Å². The second-order valence-corrected chi connectivity index (χ2v) is 9.68. The number of hydrogen-bond donors (Lipinski definition) is 9. The summed E-state index contributed by atoms with van der Waals surface area (Å²) in [7, 11) is 0. The summed E-state index contributed by atoms with van der Waals surface area (Å²) in [6.45, 7) is 11.9. The summed E-state index contributed by atoms with van der Waals surface area (Å²) in [4.78, 5) is 0. The Morgan fingerprint density at radius 3 is 1.48 bits per heavy atom. The van der Waals surface area contributed by atoms with Gasteiger partial charge in [-0.05, 0) is 97.9 Å². The third-order valence-electron chi connectivity index (χ3n) is 5.93. The Morgan fingerprint density at radius 1 is 0.576 bits per heavy atom. The Bertz CT molecular complexity index is 383. The third-order valence-corrected chi connectivity index (χ3v) is 5.93. The molecule has 13 N–H and O–H groups in total. The second kappa shape index (κ2) is 24.8. The van der Waals surface area contributed by atoms with Crippen LogP contribution in [0.1, 0.15) is 78.1 Å². The van der Waals surface area contributed by atoms with E-state index in [9.17, 15) is 0 Å². The number of nitrogens with one attached hydrogen (secondary N) is 5. The SMILES string of the molecule is CC(N)CCNC(CCCN)CNCCCCCCNCC(CCCNN)NCCC(C)N. The molecule has 0 fully saturated rings. The number of hydrogen-bond acceptors (Lipinski definition) is 9. The van der Waals surface area contributed by atoms with Crippen molar-refractivity contribution in [3.8, 4) is 0 Å². The highest BCUT2D eigenvalue weighted by atomic mass is 15.2. The maximum atomic E-state index is 5.86. The quantitative estimate of drug-likeness (QED) is 0.0481. The molecule has 0 aromatic rings. The molecule has 33 heavy (non-hydrogen) atoms. The van der Waals surface area contributed by atoms with Crippen molar-refractivity contribution in [2.75, 3.05) is 52.4 Å². The predicted octanol–water partition coefficient (Wildman–Crippen LogP) is 0.0994. The molecule has 0 aliphatic carbocycles. The topological polar surface area (TPSA) is 164 Å². The minimum Gasteiger partial charge on any atom is -0.330 e. The molecule has 9 heteroatoms. The summed E-state index contributed by atoms with van der Waals surface area (Å²) in [5, 5.41) is 14.5. The van der Waals surface area contributed by atoms with Crippen LogP contribution < -0.4 is 49.7 Å². The second-order valence-electron chi connectivity index (χ2n) is 9.68. The molecule has 0 saturated heterocycles. The summed E-state index contributed by atoms with van der Waals surface area (Å²) >= 11 is 0. The first-order valence-electron chi connectivity index (χ1n) is 13.5. The van der Waals surface area contributed by atoms with Crippen LogP contribution in [0.3, 0.4) is 0 Å². The summed E-state index contributed by atoms with van der Waals surface area (Å²) in [5.74, 6) is 5.40. The minimum atomic E-state index is 0.249. The molecule has 0 radical (unpaired) electrons. The number of unbranched alkanes of at least 4 members (excludes halogenated alkanes) is 3. The van der Waals surface area contributed by atoms with Gasteiger partial charge < -0.3 is 38.5 Å². The lowest BCUT2D eigenvalue weighted by molar-refractivity contribution is 0.418. The van der Waals surface area contributed by atoms with Gasteiger partial charge in [-0.15, -0.1) is 0 Å². The molecule has 4 atom stereocenters. The van der Waals surface area contributed by atoms with E-state index in [1.165, 1.54) is 25.7 Å². The standard InChI is InChI=1S/C24H59N9/c1-21(26)11-17-31-23(9-7-13-25)19-29-14-5-3-4-6-15-30-20-24(10-8-16-33-28)32-18-12-22(2)27/h21-24,29-33H,3-20,25-28H2,1-2H3. The van der Waals surface area contributed by atoms with Gasteiger partial charge in [0.15, 0.2) is 0 Å². The van der Waals surface area contributed by atoms with Crippen LogP contribution in [-0.4, -0.2) is 76.5 Å². The van der Waals surface area contributed by atoms with Crippen LogP contribution >= 0.6 is 0 Å². The van der Waals surface area contributed by atoms with Gasteiger partial charge in [-0.25, -0.2) is 0 Å². The van der Waals surface area contributed by atoms with E-state index in [2.05, 4.69) is 40.5 Å². The molecule has 0 rings (SSSR count). The van der Waals surface area contributed by atoms with E-state index in [1.54, 1.807) is 0 Å². The molecular weight excluding hydrogens is 414 g/mol. The minimum absolute atomic E-state index is 0.249. The summed E-state index contributed by atoms with van der Waals surface area (Å²) in [6, 6.07) is 1.48. The molecule has 9 nitrogen and oxygen atoms in total. The van der Waals surface area contributed by atoms with Crippen LogP contribution in [0.15, 0.2) is 0 Å². The van der Waals surface area contributed by atoms with Crippen LogP contribution in [0.4, 0.5) is 0 Å². The van der Waals surface area contributed by atoms with Gasteiger partial charge >= 0.3 is 0 Å². The van der Waals surface area contributed by atoms with Crippen LogP contribution in [0, 0.1) is 0 Å². The number of nitrogens with two attached hydrogens (primary N) is 4. The fraction of sp³-hybridized carbons (Fsp3) is 1.00. The molecule has 0 aromatic heterocycles. The average Bonchev–Trinajstić information content (AvgIpc) is 2.77. The highest BCUT2D eigenvalue weighted by Crippen LogP contribution is 2.01. The molecule has 0 bridgehead atoms. The van der Waals surface area contributed by atoms with Gasteiger partial charge in [0.25, 0.3) is 0 Å². The smallest absolute Gasteiger partial charge is 0.0192 e. The van der Waals surface area contributed by atoms with Gasteiger partial charge in [-0.3, -0.25) is 11.3 Å². The van der Waals surface area contributed by atoms with Crippen molar-refractivity contribution in [2.45, 2.75) is 102 Å². The first-order chi connectivity index (χ1) is 16.0. The van der Waals surface area contributed by atoms with E-state index in [4.69, 9.17) is 23.0 Å². The fourth-order valence-electron chi connectivity index (χ4n) is 3.80. The Balaban J connectivity index is 3.76. The van der Waals surface area contributed by atoms with Crippen molar-refractivity contribution in [2.24, 2.45) is 23.0 Å². The van der Waals surface area contributed by atoms with E-state index in [0.717, 1.165) is 90.9 Å². The average molecular weight is 474 g/mol. The highest BCUT2D eigenvalue weighted by molar-refractivity contribution is 4.72. The van der Waals surface area contributed by atoms with E-state index in [-0.39, 0.29) is 12.1 Å². The Morgan fingerprint density at radius 2 is 1.06 bits per heavy atom. The Kier molecular flexibility index (Phi) is 24.5. The molecule has 0 aromatic carbocycles. The fourth-order valence-corrected chi connectivity index (χ4v) is 3.80. The highest BCUT2D eigenvalue weighted by Gasteiger charge is 2.09. The van der Waals surface area contributed by atoms with Gasteiger partial charge in [-0.2, -0.15) is 0 Å². The van der Waals surface area contributed by atoms with Crippen molar-refractivity contribution in [1.82, 2.24) is 26.7 Å². The lowest BCUT2D eigenvalue weighted by Crippen LogP contribution is -2.41. The molecule has 0 saturated carbocycles. The zero-order chi connectivity index (χ0) is 24.6. The normalized spacial score (nSPS) is 15.5. The molecule has 0 aliphatic rings. The Labute approximate surface area is 204 Å². The van der Waals surface area contributed by atoms with Crippen LogP contribution in [0.2, 0.25) is 0 Å². The predicted molar refractivity (Wildman–Crippen MR) is 144 cm³/mol.